The van der Waals surface area contributed by atoms with Crippen LogP contribution in [-0.2, 0) is 6.42 Å². The Kier molecular flexibility index (Phi) is 19.8. The van der Waals surface area contributed by atoms with E-state index in [2.05, 4.69) is 55.2 Å². The van der Waals surface area contributed by atoms with Crippen molar-refractivity contribution in [3.8, 4) is 0 Å². The molecule has 2 aromatic rings. The van der Waals surface area contributed by atoms with Crippen LogP contribution in [0.1, 0.15) is 140 Å². The number of hydrogen-bond donors (Lipinski definition) is 0. The average Bonchev–Trinajstić information content (AvgIpc) is 2.92. The second kappa shape index (κ2) is 22.1. The monoisotopic (exact) mass is 846 g/mol. The Bertz CT molecular complexity index is 748. The van der Waals surface area contributed by atoms with E-state index < -0.39 is 0 Å². The predicted molar refractivity (Wildman–Crippen MR) is 155 cm³/mol. The van der Waals surface area contributed by atoms with Gasteiger partial charge in [-0.3, -0.25) is 0 Å². The first kappa shape index (κ1) is 33.1. The molecular weight excluding hydrogens is 796 g/mol. The fourth-order valence-corrected chi connectivity index (χ4v) is 6.25. The summed E-state index contributed by atoms with van der Waals surface area (Å²) in [6.07, 6.45) is 26.9. The zero-order valence-electron chi connectivity index (χ0n) is 24.1. The van der Waals surface area contributed by atoms with E-state index >= 15 is 0 Å². The molecule has 1 nitrogen and oxygen atoms in total. The minimum absolute atomic E-state index is 0. The summed E-state index contributed by atoms with van der Waals surface area (Å²) >= 11 is 0.181. The molecule has 1 aromatic carbocycles. The van der Waals surface area contributed by atoms with Gasteiger partial charge >= 0.3 is 152 Å². The summed E-state index contributed by atoms with van der Waals surface area (Å²) in [4.78, 5) is 7.06. The normalized spacial score (nSPS) is 12.1. The van der Waals surface area contributed by atoms with E-state index in [9.17, 15) is 0 Å². The number of hydrogen-bond acceptors (Lipinski definition) is 1. The minimum Gasteiger partial charge on any atom is 0 e. The van der Waals surface area contributed by atoms with Crippen molar-refractivity contribution in [2.75, 3.05) is 4.93 Å². The Balaban J connectivity index is 0.00000684. The number of pyridine rings is 1. The number of nitrogens with zero attached hydrogens (tertiary/aromatic N) is 1. The van der Waals surface area contributed by atoms with Gasteiger partial charge in [0, 0.05) is 0 Å². The summed E-state index contributed by atoms with van der Waals surface area (Å²) in [7, 11) is 0. The fourth-order valence-electron chi connectivity index (χ4n) is 5.17. The van der Waals surface area contributed by atoms with Crippen LogP contribution in [-0.4, -0.2) is 9.91 Å². The van der Waals surface area contributed by atoms with E-state index in [1.54, 1.807) is 5.92 Å². The third kappa shape index (κ3) is 15.8. The van der Waals surface area contributed by atoms with E-state index in [1.807, 2.05) is 12.3 Å². The Morgan fingerprint density at radius 1 is 0.730 bits per heavy atom. The van der Waals surface area contributed by atoms with Gasteiger partial charge in [0.15, 0.2) is 0 Å². The summed E-state index contributed by atoms with van der Waals surface area (Å²) in [5, 5.41) is 0. The van der Waals surface area contributed by atoms with Gasteiger partial charge in [0.1, 0.15) is 0 Å². The molecular formula is C34H54CmIN-2. The zero-order valence-corrected chi connectivity index (χ0v) is 29.2. The van der Waals surface area contributed by atoms with Gasteiger partial charge in [0.25, 0.3) is 0 Å². The van der Waals surface area contributed by atoms with Gasteiger partial charge in [0.2, 0.25) is 0 Å². The molecule has 1 aromatic heterocycles. The molecule has 212 valence electrons. The number of halogens is 1. The fraction of sp³-hybridized carbons (Fsp3) is 0.647. The van der Waals surface area contributed by atoms with E-state index in [1.165, 1.54) is 124 Å². The molecule has 1 heterocycles. The molecule has 0 aliphatic carbocycles. The minimum atomic E-state index is 0. The van der Waals surface area contributed by atoms with Gasteiger partial charge in [0.05, 0.1) is 0 Å². The van der Waals surface area contributed by atoms with Crippen molar-refractivity contribution in [1.82, 2.24) is 4.98 Å². The first-order chi connectivity index (χ1) is 17.7. The van der Waals surface area contributed by atoms with Crippen LogP contribution in [0.2, 0.25) is 0 Å². The van der Waals surface area contributed by atoms with Crippen LogP contribution in [0.4, 0.5) is 0 Å². The number of unbranched alkanes of at least 4 members (excludes halogenated alkanes) is 13. The molecule has 1 unspecified atom stereocenters. The van der Waals surface area contributed by atoms with Gasteiger partial charge in [-0.25, -0.2) is 0 Å². The van der Waals surface area contributed by atoms with Crippen molar-refractivity contribution in [1.29, 1.82) is 0 Å². The summed E-state index contributed by atoms with van der Waals surface area (Å²) in [5.41, 5.74) is 2.71. The predicted octanol–water partition coefficient (Wildman–Crippen LogP) is 7.54. The van der Waals surface area contributed by atoms with Gasteiger partial charge in [-0.15, -0.1) is 0 Å². The quantitative estimate of drug-likeness (QED) is 0.0517. The standard InChI is InChI=1S/C34H54IN.Cm/c1-4-5-6-7-8-9-10-11-12-13-14-15-16-17-20-30(2)22-25-32(34-21-18-19-28-36-34)29-31-23-26-33(35-3)27-24-31;/h18-19,21,23-24,26-28,32H,4-17,20,22,25,29H2,1-3H3;/q-2;. The maximum absolute atomic E-state index is 4.73. The van der Waals surface area contributed by atoms with Crippen LogP contribution >= 0.6 is 0 Å². The van der Waals surface area contributed by atoms with E-state index in [4.69, 9.17) is 4.98 Å². The van der Waals surface area contributed by atoms with Gasteiger partial charge < -0.3 is 0 Å². The molecule has 0 fully saturated rings. The zero-order chi connectivity index (χ0) is 25.7. The van der Waals surface area contributed by atoms with Crippen LogP contribution in [0.15, 0.2) is 48.7 Å². The maximum atomic E-state index is 4.73. The smallest absolute Gasteiger partial charge is 0 e. The van der Waals surface area contributed by atoms with Gasteiger partial charge in [-0.05, 0) is 0 Å². The number of aromatic nitrogens is 1. The Morgan fingerprint density at radius 3 is 1.81 bits per heavy atom. The van der Waals surface area contributed by atoms with E-state index in [-0.39, 0.29) is 21.2 Å². The molecule has 1 atom stereocenters. The summed E-state index contributed by atoms with van der Waals surface area (Å²) in [5.74, 6) is 2.20. The van der Waals surface area contributed by atoms with Crippen LogP contribution in [0.25, 0.3) is 0 Å². The largest absolute Gasteiger partial charge is 0 e. The molecule has 0 saturated carbocycles. The Morgan fingerprint density at radius 2 is 1.30 bits per heavy atom. The summed E-state index contributed by atoms with van der Waals surface area (Å²) in [6.45, 7) is 4.69. The van der Waals surface area contributed by atoms with Crippen molar-refractivity contribution in [2.24, 2.45) is 0 Å². The third-order valence-corrected chi connectivity index (χ3v) is 9.56. The summed E-state index contributed by atoms with van der Waals surface area (Å²) in [6, 6.07) is 15.8. The molecule has 3 heteroatoms. The maximum Gasteiger partial charge on any atom is 0 e. The van der Waals surface area contributed by atoms with Crippen molar-refractivity contribution >= 4 is 0 Å². The third-order valence-electron chi connectivity index (χ3n) is 7.60. The molecule has 0 bridgehead atoms. The topological polar surface area (TPSA) is 12.9 Å². The molecule has 0 saturated heterocycles. The van der Waals surface area contributed by atoms with Crippen LogP contribution in [0, 0.1) is 9.49 Å². The molecule has 0 aliphatic heterocycles. The van der Waals surface area contributed by atoms with Crippen LogP contribution in [0.5, 0.6) is 0 Å². The summed E-state index contributed by atoms with van der Waals surface area (Å²) < 4.78 is 1.53. The first-order valence-corrected chi connectivity index (χ1v) is 18.3. The number of rotatable bonds is 22. The van der Waals surface area contributed by atoms with Crippen LogP contribution in [0.3, 0.4) is 0 Å². The Hall–Kier alpha value is -1.90. The Labute approximate surface area is 234 Å². The van der Waals surface area contributed by atoms with Gasteiger partial charge in [-0.1, -0.05) is 84.0 Å². The van der Waals surface area contributed by atoms with E-state index in [0.717, 1.165) is 6.42 Å². The first-order valence-electron chi connectivity index (χ1n) is 15.0. The number of benzene rings is 1. The molecule has 2 rings (SSSR count). The average molecular weight is 851 g/mol. The van der Waals surface area contributed by atoms with Crippen molar-refractivity contribution in [3.63, 3.8) is 0 Å². The SMILES string of the molecule is CCCCCCCCCCCCCCCC[C-](C)CCC(Cc1ccc([I-]C)cc1)c1ccccn1.[Cm]. The second-order valence-corrected chi connectivity index (χ2v) is 13.1. The van der Waals surface area contributed by atoms with Crippen molar-refractivity contribution < 1.29 is 21.2 Å². The van der Waals surface area contributed by atoms with Crippen molar-refractivity contribution in [2.45, 2.75) is 135 Å². The van der Waals surface area contributed by atoms with Gasteiger partial charge in [-0.2, -0.15) is 0 Å². The molecule has 0 aliphatic rings. The molecule has 0 N–H and O–H groups in total. The molecule has 37 heavy (non-hydrogen) atoms. The van der Waals surface area contributed by atoms with Crippen molar-refractivity contribution in [3.05, 3.63) is 69.4 Å². The van der Waals surface area contributed by atoms with Crippen LogP contribution < -0.4 is 21.2 Å². The molecule has 0 spiro atoms. The second-order valence-electron chi connectivity index (χ2n) is 10.8. The molecule has 0 radical (unpaired) electrons. The number of alkyl halides is 1. The molecule has 0 amide bonds. The van der Waals surface area contributed by atoms with E-state index in [0.29, 0.717) is 5.92 Å².